The molecule has 0 saturated carbocycles. The molecule has 0 N–H and O–H groups in total. The Bertz CT molecular complexity index is 538. The summed E-state index contributed by atoms with van der Waals surface area (Å²) in [4.78, 5) is 0. The van der Waals surface area contributed by atoms with Crippen molar-refractivity contribution in [3.05, 3.63) is 29.1 Å². The number of hydrogen-bond acceptors (Lipinski definition) is 0. The van der Waals surface area contributed by atoms with Crippen LogP contribution in [0.4, 0.5) is 35.1 Å². The maximum atomic E-state index is 14.0. The predicted molar refractivity (Wildman–Crippen MR) is 68.5 cm³/mol. The Hall–Kier alpha value is -0.910. The lowest BCUT2D eigenvalue weighted by Gasteiger charge is -2.23. The third-order valence-corrected chi connectivity index (χ3v) is 5.20. The highest BCUT2D eigenvalue weighted by atomic mass is 31.1. The van der Waals surface area contributed by atoms with Crippen LogP contribution in [-0.2, 0) is 5.92 Å². The number of rotatable bonds is 5. The van der Waals surface area contributed by atoms with Crippen LogP contribution in [0.25, 0.3) is 0 Å². The number of benzene rings is 1. The summed E-state index contributed by atoms with van der Waals surface area (Å²) < 4.78 is 104. The zero-order valence-corrected chi connectivity index (χ0v) is 12.6. The van der Waals surface area contributed by atoms with Gasteiger partial charge in [0, 0.05) is 5.30 Å². The summed E-state index contributed by atoms with van der Waals surface area (Å²) in [5, 5.41) is -0.624. The molecule has 1 atom stereocenters. The van der Waals surface area contributed by atoms with E-state index in [-0.39, 0.29) is 0 Å². The minimum atomic E-state index is -6.22. The van der Waals surface area contributed by atoms with Gasteiger partial charge in [-0.2, -0.15) is 22.0 Å². The van der Waals surface area contributed by atoms with Crippen molar-refractivity contribution in [2.24, 2.45) is 0 Å². The average Bonchev–Trinajstić information content (AvgIpc) is 2.38. The van der Waals surface area contributed by atoms with Gasteiger partial charge < -0.3 is 0 Å². The Balaban J connectivity index is 3.50. The molecule has 0 aliphatic carbocycles. The zero-order valence-electron chi connectivity index (χ0n) is 11.7. The van der Waals surface area contributed by atoms with Crippen molar-refractivity contribution in [3.63, 3.8) is 0 Å². The summed E-state index contributed by atoms with van der Waals surface area (Å²) in [6, 6.07) is 0.363. The summed E-state index contributed by atoms with van der Waals surface area (Å²) in [5.74, 6) is -12.3. The largest absolute Gasteiger partial charge is 0.458 e. The summed E-state index contributed by atoms with van der Waals surface area (Å²) >= 11 is 0. The summed E-state index contributed by atoms with van der Waals surface area (Å²) in [5.41, 5.74) is -2.57. The van der Waals surface area contributed by atoms with Gasteiger partial charge in [-0.15, -0.1) is 0 Å². The first kappa shape index (κ1) is 19.1. The van der Waals surface area contributed by atoms with Gasteiger partial charge in [0.15, 0.2) is 11.6 Å². The van der Waals surface area contributed by atoms with E-state index < -0.39 is 48.3 Å². The number of hydrogen-bond donors (Lipinski definition) is 0. The summed E-state index contributed by atoms with van der Waals surface area (Å²) in [6.45, 7) is 3.21. The number of unbranched alkanes of at least 4 members (excludes halogenated alkanes) is 1. The van der Waals surface area contributed by atoms with Crippen molar-refractivity contribution in [1.82, 2.24) is 0 Å². The van der Waals surface area contributed by atoms with Gasteiger partial charge >= 0.3 is 12.1 Å². The molecule has 0 spiro atoms. The lowest BCUT2D eigenvalue weighted by molar-refractivity contribution is -0.291. The van der Waals surface area contributed by atoms with Crippen LogP contribution in [-0.4, -0.2) is 19.0 Å². The second-order valence-corrected chi connectivity index (χ2v) is 7.05. The first-order chi connectivity index (χ1) is 9.95. The second-order valence-electron chi connectivity index (χ2n) is 4.73. The molecule has 22 heavy (non-hydrogen) atoms. The highest BCUT2D eigenvalue weighted by Crippen LogP contribution is 2.47. The van der Waals surface area contributed by atoms with Gasteiger partial charge in [-0.1, -0.05) is 21.3 Å². The average molecular weight is 352 g/mol. The lowest BCUT2D eigenvalue weighted by Crippen LogP contribution is -2.37. The fourth-order valence-electron chi connectivity index (χ4n) is 1.80. The van der Waals surface area contributed by atoms with Crippen molar-refractivity contribution >= 4 is 13.2 Å². The molecular formula is C13H13F8P. The van der Waals surface area contributed by atoms with Crippen LogP contribution in [0.15, 0.2) is 6.07 Å². The van der Waals surface area contributed by atoms with Crippen molar-refractivity contribution in [3.8, 4) is 0 Å². The van der Waals surface area contributed by atoms with E-state index in [2.05, 4.69) is 0 Å². The van der Waals surface area contributed by atoms with E-state index in [0.717, 1.165) is 0 Å². The molecule has 0 fully saturated rings. The minimum absolute atomic E-state index is 0.310. The highest BCUT2D eigenvalue weighted by Gasteiger charge is 2.62. The topological polar surface area (TPSA) is 0 Å². The smallest absolute Gasteiger partial charge is 0.206 e. The van der Waals surface area contributed by atoms with Crippen molar-refractivity contribution in [2.75, 3.05) is 12.8 Å². The third kappa shape index (κ3) is 3.53. The molecule has 0 aliphatic rings. The van der Waals surface area contributed by atoms with Gasteiger partial charge in [0.05, 0.1) is 0 Å². The number of halogens is 8. The molecule has 0 saturated heterocycles. The molecule has 1 aromatic rings. The first-order valence-corrected chi connectivity index (χ1v) is 8.26. The fourth-order valence-corrected chi connectivity index (χ4v) is 3.61. The van der Waals surface area contributed by atoms with E-state index in [1.165, 1.54) is 6.66 Å². The molecule has 0 amide bonds. The Labute approximate surface area is 123 Å². The van der Waals surface area contributed by atoms with Gasteiger partial charge in [0.25, 0.3) is 0 Å². The molecule has 0 aliphatic heterocycles. The van der Waals surface area contributed by atoms with Crippen molar-refractivity contribution < 1.29 is 35.1 Å². The molecule has 0 heterocycles. The van der Waals surface area contributed by atoms with Gasteiger partial charge in [0.1, 0.15) is 11.4 Å². The van der Waals surface area contributed by atoms with Crippen LogP contribution in [0.5, 0.6) is 0 Å². The van der Waals surface area contributed by atoms with Gasteiger partial charge in [-0.25, -0.2) is 13.2 Å². The standard InChI is InChI=1S/C13H13F8P/c1-3-4-5-22(2)8-6-7(14)10(15)9(11(8)16)12(17,18)13(19,20)21/h6H,3-5H2,1-2H3. The maximum Gasteiger partial charge on any atom is 0.458 e. The van der Waals surface area contributed by atoms with E-state index >= 15 is 0 Å². The quantitative estimate of drug-likeness (QED) is 0.384. The predicted octanol–water partition coefficient (Wildman–Crippen LogP) is 5.30. The molecule has 0 bridgehead atoms. The lowest BCUT2D eigenvalue weighted by atomic mass is 10.1. The molecule has 1 aromatic carbocycles. The van der Waals surface area contributed by atoms with E-state index in [0.29, 0.717) is 25.1 Å². The van der Waals surface area contributed by atoms with Gasteiger partial charge in [-0.3, -0.25) is 0 Å². The number of alkyl halides is 5. The van der Waals surface area contributed by atoms with E-state index in [4.69, 9.17) is 0 Å². The molecule has 9 heteroatoms. The van der Waals surface area contributed by atoms with Crippen LogP contribution in [0.1, 0.15) is 25.3 Å². The fraction of sp³-hybridized carbons (Fsp3) is 0.538. The molecule has 1 unspecified atom stereocenters. The molecule has 0 radical (unpaired) electrons. The Morgan fingerprint density at radius 2 is 1.55 bits per heavy atom. The normalized spacial score (nSPS) is 14.3. The molecule has 126 valence electrons. The van der Waals surface area contributed by atoms with E-state index in [1.807, 2.05) is 0 Å². The Kier molecular flexibility index (Phi) is 5.82. The first-order valence-electron chi connectivity index (χ1n) is 6.28. The monoisotopic (exact) mass is 352 g/mol. The van der Waals surface area contributed by atoms with Gasteiger partial charge in [0.2, 0.25) is 0 Å². The molecule has 1 rings (SSSR count). The Morgan fingerprint density at radius 3 is 2.00 bits per heavy atom. The second kappa shape index (κ2) is 6.69. The zero-order chi connectivity index (χ0) is 17.3. The van der Waals surface area contributed by atoms with Crippen LogP contribution < -0.4 is 5.30 Å². The van der Waals surface area contributed by atoms with Crippen LogP contribution in [0, 0.1) is 17.5 Å². The highest BCUT2D eigenvalue weighted by molar-refractivity contribution is 7.64. The van der Waals surface area contributed by atoms with Crippen LogP contribution in [0.2, 0.25) is 0 Å². The van der Waals surface area contributed by atoms with Crippen molar-refractivity contribution in [1.29, 1.82) is 0 Å². The maximum absolute atomic E-state index is 14.0. The molecule has 0 aromatic heterocycles. The summed E-state index contributed by atoms with van der Waals surface area (Å²) in [6.07, 6.45) is -4.67. The van der Waals surface area contributed by atoms with Crippen LogP contribution in [0.3, 0.4) is 0 Å². The summed E-state index contributed by atoms with van der Waals surface area (Å²) in [7, 11) is -1.51. The van der Waals surface area contributed by atoms with E-state index in [9.17, 15) is 35.1 Å². The molecule has 0 nitrogen and oxygen atoms in total. The molecular weight excluding hydrogens is 339 g/mol. The van der Waals surface area contributed by atoms with Gasteiger partial charge in [-0.05, 0) is 25.3 Å². The third-order valence-electron chi connectivity index (χ3n) is 3.07. The minimum Gasteiger partial charge on any atom is -0.206 e. The van der Waals surface area contributed by atoms with Crippen molar-refractivity contribution in [2.45, 2.75) is 31.9 Å². The van der Waals surface area contributed by atoms with Crippen LogP contribution >= 0.6 is 7.92 Å². The SMILES string of the molecule is CCCCP(C)c1cc(F)c(F)c(C(F)(F)C(F)(F)F)c1F. The van der Waals surface area contributed by atoms with E-state index in [1.54, 1.807) is 6.92 Å². The Morgan fingerprint density at radius 1 is 1.00 bits per heavy atom.